The van der Waals surface area contributed by atoms with E-state index in [1.54, 1.807) is 0 Å². The Hall–Kier alpha value is -0.860. The molecule has 1 aromatic rings. The number of nitrogens with one attached hydrogen (secondary N) is 2. The summed E-state index contributed by atoms with van der Waals surface area (Å²) in [5, 5.41) is 6.68. The second-order valence-corrected chi connectivity index (χ2v) is 6.84. The molecule has 0 saturated carbocycles. The highest BCUT2D eigenvalue weighted by atomic mass is 127. The minimum absolute atomic E-state index is 0. The van der Waals surface area contributed by atoms with Crippen molar-refractivity contribution in [1.82, 2.24) is 15.5 Å². The molecule has 0 atom stereocenters. The number of piperidine rings is 1. The molecule has 148 valence electrons. The number of guanidine groups is 1. The number of aliphatic imine (C=N–C) groups is 1. The van der Waals surface area contributed by atoms with Gasteiger partial charge in [-0.15, -0.1) is 24.0 Å². The van der Waals surface area contributed by atoms with Crippen molar-refractivity contribution in [3.63, 3.8) is 0 Å². The molecular weight excluding hydrogens is 439 g/mol. The van der Waals surface area contributed by atoms with E-state index in [-0.39, 0.29) is 24.0 Å². The Morgan fingerprint density at radius 1 is 1.15 bits per heavy atom. The van der Waals surface area contributed by atoms with Crippen LogP contribution in [-0.4, -0.2) is 57.2 Å². The summed E-state index contributed by atoms with van der Waals surface area (Å²) in [5.74, 6) is 1.76. The van der Waals surface area contributed by atoms with Crippen LogP contribution in [0, 0.1) is 5.92 Å². The number of benzene rings is 1. The van der Waals surface area contributed by atoms with Crippen LogP contribution < -0.4 is 10.6 Å². The molecule has 6 heteroatoms. The van der Waals surface area contributed by atoms with Crippen LogP contribution in [0.1, 0.15) is 31.7 Å². The number of hydrogen-bond donors (Lipinski definition) is 2. The van der Waals surface area contributed by atoms with Crippen molar-refractivity contribution in [1.29, 1.82) is 0 Å². The molecule has 1 aliphatic heterocycles. The summed E-state index contributed by atoms with van der Waals surface area (Å²) in [6.07, 6.45) is 3.85. The molecule has 2 N–H and O–H groups in total. The van der Waals surface area contributed by atoms with Crippen LogP contribution >= 0.6 is 24.0 Å². The zero-order chi connectivity index (χ0) is 17.7. The Morgan fingerprint density at radius 2 is 1.85 bits per heavy atom. The maximum Gasteiger partial charge on any atom is 0.191 e. The largest absolute Gasteiger partial charge is 0.375 e. The van der Waals surface area contributed by atoms with E-state index in [0.29, 0.717) is 13.2 Å². The summed E-state index contributed by atoms with van der Waals surface area (Å²) in [6, 6.07) is 10.3. The Balaban J connectivity index is 0.00000338. The molecular formula is C20H35IN4O. The van der Waals surface area contributed by atoms with E-state index in [9.17, 15) is 0 Å². The molecule has 0 bridgehead atoms. The first-order valence-corrected chi connectivity index (χ1v) is 9.56. The van der Waals surface area contributed by atoms with Crippen LogP contribution in [-0.2, 0) is 11.3 Å². The summed E-state index contributed by atoms with van der Waals surface area (Å²) in [7, 11) is 1.81. The third-order valence-electron chi connectivity index (χ3n) is 4.69. The highest BCUT2D eigenvalue weighted by molar-refractivity contribution is 14.0. The molecule has 5 nitrogen and oxygen atoms in total. The third-order valence-corrected chi connectivity index (χ3v) is 4.69. The van der Waals surface area contributed by atoms with E-state index in [4.69, 9.17) is 4.74 Å². The lowest BCUT2D eigenvalue weighted by Gasteiger charge is -2.30. The van der Waals surface area contributed by atoms with Gasteiger partial charge in [0.1, 0.15) is 0 Å². The van der Waals surface area contributed by atoms with Crippen molar-refractivity contribution in [2.24, 2.45) is 10.9 Å². The molecule has 26 heavy (non-hydrogen) atoms. The zero-order valence-corrected chi connectivity index (χ0v) is 18.6. The third kappa shape index (κ3) is 9.73. The first-order valence-electron chi connectivity index (χ1n) is 9.56. The van der Waals surface area contributed by atoms with E-state index in [2.05, 4.69) is 39.6 Å². The van der Waals surface area contributed by atoms with Crippen LogP contribution in [0.25, 0.3) is 0 Å². The second-order valence-electron chi connectivity index (χ2n) is 6.84. The summed E-state index contributed by atoms with van der Waals surface area (Å²) in [5.41, 5.74) is 1.21. The van der Waals surface area contributed by atoms with Gasteiger partial charge < -0.3 is 20.3 Å². The topological polar surface area (TPSA) is 48.9 Å². The van der Waals surface area contributed by atoms with Crippen LogP contribution in [0.4, 0.5) is 0 Å². The summed E-state index contributed by atoms with van der Waals surface area (Å²) in [4.78, 5) is 6.84. The van der Waals surface area contributed by atoms with Crippen molar-refractivity contribution in [3.05, 3.63) is 35.9 Å². The SMILES string of the molecule is CN=C(NCCCN1CCC(C)CC1)NCCOCc1ccccc1.I. The smallest absolute Gasteiger partial charge is 0.191 e. The van der Waals surface area contributed by atoms with Crippen molar-refractivity contribution < 1.29 is 4.74 Å². The predicted molar refractivity (Wildman–Crippen MR) is 120 cm³/mol. The zero-order valence-electron chi connectivity index (χ0n) is 16.2. The second kappa shape index (κ2) is 14.2. The Kier molecular flexibility index (Phi) is 12.7. The van der Waals surface area contributed by atoms with Crippen molar-refractivity contribution >= 4 is 29.9 Å². The van der Waals surface area contributed by atoms with Gasteiger partial charge in [-0.2, -0.15) is 0 Å². The highest BCUT2D eigenvalue weighted by Gasteiger charge is 2.14. The molecule has 0 aliphatic carbocycles. The van der Waals surface area contributed by atoms with Gasteiger partial charge in [-0.05, 0) is 50.4 Å². The molecule has 0 spiro atoms. The van der Waals surface area contributed by atoms with Gasteiger partial charge in [-0.25, -0.2) is 0 Å². The first kappa shape index (κ1) is 23.2. The van der Waals surface area contributed by atoms with Gasteiger partial charge in [0.2, 0.25) is 0 Å². The van der Waals surface area contributed by atoms with Crippen molar-refractivity contribution in [2.75, 3.05) is 46.4 Å². The van der Waals surface area contributed by atoms with Gasteiger partial charge in [0.25, 0.3) is 0 Å². The summed E-state index contributed by atoms with van der Waals surface area (Å²) >= 11 is 0. The maximum absolute atomic E-state index is 5.68. The van der Waals surface area contributed by atoms with Crippen LogP contribution in [0.2, 0.25) is 0 Å². The fourth-order valence-corrected chi connectivity index (χ4v) is 3.02. The van der Waals surface area contributed by atoms with Gasteiger partial charge in [-0.1, -0.05) is 37.3 Å². The van der Waals surface area contributed by atoms with Crippen LogP contribution in [0.5, 0.6) is 0 Å². The average molecular weight is 474 g/mol. The lowest BCUT2D eigenvalue weighted by molar-refractivity contribution is 0.125. The molecule has 1 aliphatic rings. The van der Waals surface area contributed by atoms with E-state index in [0.717, 1.165) is 31.4 Å². The molecule has 2 rings (SSSR count). The quantitative estimate of drug-likeness (QED) is 0.250. The molecule has 0 amide bonds. The van der Waals surface area contributed by atoms with Crippen LogP contribution in [0.3, 0.4) is 0 Å². The molecule has 0 aromatic heterocycles. The van der Waals surface area contributed by atoms with Crippen LogP contribution in [0.15, 0.2) is 35.3 Å². The minimum Gasteiger partial charge on any atom is -0.375 e. The van der Waals surface area contributed by atoms with E-state index >= 15 is 0 Å². The van der Waals surface area contributed by atoms with Gasteiger partial charge >= 0.3 is 0 Å². The maximum atomic E-state index is 5.68. The lowest BCUT2D eigenvalue weighted by Crippen LogP contribution is -2.40. The lowest BCUT2D eigenvalue weighted by atomic mass is 9.99. The number of likely N-dealkylation sites (tertiary alicyclic amines) is 1. The monoisotopic (exact) mass is 474 g/mol. The van der Waals surface area contributed by atoms with E-state index in [1.807, 2.05) is 25.2 Å². The molecule has 0 radical (unpaired) electrons. The molecule has 1 aromatic carbocycles. The van der Waals surface area contributed by atoms with Crippen molar-refractivity contribution in [2.45, 2.75) is 32.8 Å². The number of halogens is 1. The summed E-state index contributed by atoms with van der Waals surface area (Å²) < 4.78 is 5.68. The van der Waals surface area contributed by atoms with Gasteiger partial charge in [0, 0.05) is 20.1 Å². The van der Waals surface area contributed by atoms with E-state index in [1.165, 1.54) is 38.0 Å². The van der Waals surface area contributed by atoms with Gasteiger partial charge in [-0.3, -0.25) is 4.99 Å². The summed E-state index contributed by atoms with van der Waals surface area (Å²) in [6.45, 7) is 9.09. The molecule has 1 fully saturated rings. The Bertz CT molecular complexity index is 490. The number of rotatable bonds is 9. The minimum atomic E-state index is 0. The van der Waals surface area contributed by atoms with Gasteiger partial charge in [0.15, 0.2) is 5.96 Å². The molecule has 1 saturated heterocycles. The van der Waals surface area contributed by atoms with Gasteiger partial charge in [0.05, 0.1) is 13.2 Å². The number of hydrogen-bond acceptors (Lipinski definition) is 3. The normalized spacial score (nSPS) is 16.2. The fourth-order valence-electron chi connectivity index (χ4n) is 3.02. The van der Waals surface area contributed by atoms with E-state index < -0.39 is 0 Å². The standard InChI is InChI=1S/C20H34N4O.HI/c1-18-9-14-24(15-10-18)13-6-11-22-20(21-2)23-12-16-25-17-19-7-4-3-5-8-19;/h3-5,7-8,18H,6,9-17H2,1-2H3,(H2,21,22,23);1H. The number of ether oxygens (including phenoxy) is 1. The molecule has 1 heterocycles. The Morgan fingerprint density at radius 3 is 2.54 bits per heavy atom. The molecule has 0 unspecified atom stereocenters. The highest BCUT2D eigenvalue weighted by Crippen LogP contribution is 2.15. The van der Waals surface area contributed by atoms with Crippen molar-refractivity contribution in [3.8, 4) is 0 Å². The number of nitrogens with zero attached hydrogens (tertiary/aromatic N) is 2. The fraction of sp³-hybridized carbons (Fsp3) is 0.650. The average Bonchev–Trinajstić information content (AvgIpc) is 2.65. The first-order chi connectivity index (χ1) is 12.3. The Labute approximate surface area is 176 Å². The predicted octanol–water partition coefficient (Wildman–Crippen LogP) is 3.11.